The Morgan fingerprint density at radius 2 is 1.86 bits per heavy atom. The summed E-state index contributed by atoms with van der Waals surface area (Å²) in [6.45, 7) is 2.80. The largest absolute Gasteiger partial charge is 0.348 e. The number of pyridine rings is 1. The number of rotatable bonds is 7. The summed E-state index contributed by atoms with van der Waals surface area (Å²) < 4.78 is 2.89. The maximum atomic E-state index is 12.4. The van der Waals surface area contributed by atoms with Gasteiger partial charge in [-0.1, -0.05) is 30.3 Å². The number of nitrogens with one attached hydrogen (secondary N) is 2. The first-order chi connectivity index (χ1) is 13.5. The second-order valence-corrected chi connectivity index (χ2v) is 6.19. The fourth-order valence-corrected chi connectivity index (χ4v) is 2.63. The normalized spacial score (nSPS) is 10.5. The molecule has 3 aromatic rings. The zero-order valence-electron chi connectivity index (χ0n) is 15.5. The number of hydrogen-bond acceptors (Lipinski definition) is 4. The first-order valence-corrected chi connectivity index (χ1v) is 8.90. The molecule has 0 radical (unpaired) electrons. The number of amides is 2. The van der Waals surface area contributed by atoms with Gasteiger partial charge >= 0.3 is 0 Å². The van der Waals surface area contributed by atoms with Gasteiger partial charge in [0.2, 0.25) is 5.91 Å². The summed E-state index contributed by atoms with van der Waals surface area (Å²) in [6.07, 6.45) is 4.63. The molecule has 0 aliphatic rings. The number of carbonyl (C=O) groups is 2. The molecular weight excluding hydrogens is 358 g/mol. The second-order valence-electron chi connectivity index (χ2n) is 6.19. The van der Waals surface area contributed by atoms with Gasteiger partial charge in [-0.2, -0.15) is 5.10 Å². The Balaban J connectivity index is 1.64. The van der Waals surface area contributed by atoms with Crippen molar-refractivity contribution in [2.24, 2.45) is 0 Å². The number of hydrogen-bond donors (Lipinski definition) is 2. The smallest absolute Gasteiger partial charge is 0.253 e. The van der Waals surface area contributed by atoms with Gasteiger partial charge in [-0.15, -0.1) is 0 Å². The van der Waals surface area contributed by atoms with Crippen LogP contribution < -0.4 is 16.2 Å². The molecule has 8 nitrogen and oxygen atoms in total. The lowest BCUT2D eigenvalue weighted by Crippen LogP contribution is -2.29. The highest BCUT2D eigenvalue weighted by Gasteiger charge is 2.11. The van der Waals surface area contributed by atoms with Crippen molar-refractivity contribution in [3.05, 3.63) is 82.5 Å². The summed E-state index contributed by atoms with van der Waals surface area (Å²) in [5.74, 6) is -0.693. The van der Waals surface area contributed by atoms with Crippen molar-refractivity contribution in [3.63, 3.8) is 0 Å². The third-order valence-electron chi connectivity index (χ3n) is 4.10. The highest BCUT2D eigenvalue weighted by molar-refractivity contribution is 5.94. The molecule has 1 aromatic carbocycles. The van der Waals surface area contributed by atoms with Crippen molar-refractivity contribution in [1.82, 2.24) is 19.7 Å². The molecule has 0 saturated heterocycles. The van der Waals surface area contributed by atoms with E-state index in [0.717, 1.165) is 5.56 Å². The Kier molecular flexibility index (Phi) is 6.01. The standard InChI is InChI=1S/C20H21N5O3/c1-2-25-13-17(11-22-25)23-18(26)14-24-12-16(8-9-19(24)27)20(28)21-10-15-6-4-3-5-7-15/h3-9,11-13H,2,10,14H2,1H3,(H,21,28)(H,23,26). The third-order valence-corrected chi connectivity index (χ3v) is 4.10. The van der Waals surface area contributed by atoms with Crippen LogP contribution in [0.1, 0.15) is 22.8 Å². The molecule has 144 valence electrons. The molecule has 8 heteroatoms. The minimum absolute atomic E-state index is 0.198. The maximum Gasteiger partial charge on any atom is 0.253 e. The number of anilines is 1. The Morgan fingerprint density at radius 3 is 2.57 bits per heavy atom. The second kappa shape index (κ2) is 8.81. The minimum Gasteiger partial charge on any atom is -0.348 e. The van der Waals surface area contributed by atoms with Crippen molar-refractivity contribution in [2.45, 2.75) is 26.6 Å². The van der Waals surface area contributed by atoms with E-state index in [1.165, 1.54) is 29.1 Å². The van der Waals surface area contributed by atoms with Gasteiger partial charge < -0.3 is 15.2 Å². The lowest BCUT2D eigenvalue weighted by molar-refractivity contribution is -0.116. The third kappa shape index (κ3) is 4.94. The van der Waals surface area contributed by atoms with E-state index in [1.807, 2.05) is 37.3 Å². The number of benzene rings is 1. The fourth-order valence-electron chi connectivity index (χ4n) is 2.63. The van der Waals surface area contributed by atoms with Crippen LogP contribution >= 0.6 is 0 Å². The van der Waals surface area contributed by atoms with Gasteiger partial charge in [0.05, 0.1) is 17.4 Å². The molecule has 0 aliphatic carbocycles. The van der Waals surface area contributed by atoms with Crippen LogP contribution in [-0.2, 0) is 24.4 Å². The predicted molar refractivity (Wildman–Crippen MR) is 105 cm³/mol. The summed E-state index contributed by atoms with van der Waals surface area (Å²) in [6, 6.07) is 12.2. The molecule has 28 heavy (non-hydrogen) atoms. The molecule has 0 fully saturated rings. The zero-order chi connectivity index (χ0) is 19.9. The molecule has 0 unspecified atom stereocenters. The molecule has 0 atom stereocenters. The van der Waals surface area contributed by atoms with E-state index in [-0.39, 0.29) is 23.9 Å². The molecule has 2 heterocycles. The van der Waals surface area contributed by atoms with Crippen LogP contribution in [0.5, 0.6) is 0 Å². The summed E-state index contributed by atoms with van der Waals surface area (Å²) in [4.78, 5) is 36.6. The van der Waals surface area contributed by atoms with Crippen LogP contribution in [0.15, 0.2) is 65.8 Å². The first-order valence-electron chi connectivity index (χ1n) is 8.90. The van der Waals surface area contributed by atoms with Crippen LogP contribution in [0, 0.1) is 0 Å². The molecule has 3 rings (SSSR count). The average molecular weight is 379 g/mol. The lowest BCUT2D eigenvalue weighted by atomic mass is 10.2. The Bertz CT molecular complexity index is 1020. The van der Waals surface area contributed by atoms with E-state index >= 15 is 0 Å². The molecule has 2 aromatic heterocycles. The SMILES string of the molecule is CCn1cc(NC(=O)Cn2cc(C(=O)NCc3ccccc3)ccc2=O)cn1. The number of carbonyl (C=O) groups excluding carboxylic acids is 2. The number of nitrogens with zero attached hydrogens (tertiary/aromatic N) is 3. The van der Waals surface area contributed by atoms with Crippen LogP contribution in [0.3, 0.4) is 0 Å². The van der Waals surface area contributed by atoms with E-state index in [4.69, 9.17) is 0 Å². The van der Waals surface area contributed by atoms with E-state index in [0.29, 0.717) is 24.3 Å². The maximum absolute atomic E-state index is 12.4. The van der Waals surface area contributed by atoms with Crippen molar-refractivity contribution >= 4 is 17.5 Å². The van der Waals surface area contributed by atoms with Gasteiger partial charge in [0.1, 0.15) is 6.54 Å². The molecule has 0 bridgehead atoms. The minimum atomic E-state index is -0.375. The summed E-state index contributed by atoms with van der Waals surface area (Å²) in [5.41, 5.74) is 1.47. The lowest BCUT2D eigenvalue weighted by Gasteiger charge is -2.09. The summed E-state index contributed by atoms with van der Waals surface area (Å²) in [5, 5.41) is 9.56. The van der Waals surface area contributed by atoms with E-state index in [1.54, 1.807) is 10.9 Å². The molecule has 0 aliphatic heterocycles. The van der Waals surface area contributed by atoms with Crippen LogP contribution in [0.2, 0.25) is 0 Å². The number of aromatic nitrogens is 3. The summed E-state index contributed by atoms with van der Waals surface area (Å²) in [7, 11) is 0. The Hall–Kier alpha value is -3.68. The van der Waals surface area contributed by atoms with Crippen LogP contribution in [0.4, 0.5) is 5.69 Å². The van der Waals surface area contributed by atoms with E-state index in [9.17, 15) is 14.4 Å². The highest BCUT2D eigenvalue weighted by Crippen LogP contribution is 2.05. The average Bonchev–Trinajstić information content (AvgIpc) is 3.16. The molecular formula is C20H21N5O3. The van der Waals surface area contributed by atoms with Crippen molar-refractivity contribution < 1.29 is 9.59 Å². The Labute approximate surface area is 161 Å². The molecule has 0 spiro atoms. The quantitative estimate of drug-likeness (QED) is 0.652. The van der Waals surface area contributed by atoms with Gasteiger partial charge in [0.25, 0.3) is 11.5 Å². The van der Waals surface area contributed by atoms with Gasteiger partial charge in [0.15, 0.2) is 0 Å². The molecule has 2 amide bonds. The van der Waals surface area contributed by atoms with Crippen molar-refractivity contribution in [2.75, 3.05) is 5.32 Å². The molecule has 2 N–H and O–H groups in total. The monoisotopic (exact) mass is 379 g/mol. The predicted octanol–water partition coefficient (Wildman–Crippen LogP) is 1.63. The highest BCUT2D eigenvalue weighted by atomic mass is 16.2. The van der Waals surface area contributed by atoms with Gasteiger partial charge in [-0.25, -0.2) is 0 Å². The van der Waals surface area contributed by atoms with Crippen molar-refractivity contribution in [3.8, 4) is 0 Å². The Morgan fingerprint density at radius 1 is 1.07 bits per heavy atom. The first kappa shape index (κ1) is 19.1. The van der Waals surface area contributed by atoms with Gasteiger partial charge in [-0.05, 0) is 18.6 Å². The van der Waals surface area contributed by atoms with E-state index < -0.39 is 0 Å². The zero-order valence-corrected chi connectivity index (χ0v) is 15.5. The number of aryl methyl sites for hydroxylation is 1. The van der Waals surface area contributed by atoms with Crippen LogP contribution in [0.25, 0.3) is 0 Å². The van der Waals surface area contributed by atoms with Gasteiger partial charge in [0, 0.05) is 31.5 Å². The fraction of sp³-hybridized carbons (Fsp3) is 0.200. The molecule has 0 saturated carbocycles. The van der Waals surface area contributed by atoms with Crippen LogP contribution in [-0.4, -0.2) is 26.2 Å². The van der Waals surface area contributed by atoms with Gasteiger partial charge in [-0.3, -0.25) is 19.1 Å². The topological polar surface area (TPSA) is 98.0 Å². The van der Waals surface area contributed by atoms with Crippen molar-refractivity contribution in [1.29, 1.82) is 0 Å². The summed E-state index contributed by atoms with van der Waals surface area (Å²) >= 11 is 0. The van der Waals surface area contributed by atoms with E-state index in [2.05, 4.69) is 15.7 Å².